The minimum Gasteiger partial charge on any atom is -0.397 e. The molecule has 4 aromatic carbocycles. The molecule has 5 aromatic rings. The van der Waals surface area contributed by atoms with Crippen molar-refractivity contribution in [2.75, 3.05) is 36.0 Å². The molecule has 2 aliphatic heterocycles. The number of fused-ring (bicyclic) bond motifs is 1. The highest BCUT2D eigenvalue weighted by molar-refractivity contribution is 5.93. The second kappa shape index (κ2) is 17.9. The highest BCUT2D eigenvalue weighted by atomic mass is 16.7. The summed E-state index contributed by atoms with van der Waals surface area (Å²) in [6, 6.07) is 30.6. The monoisotopic (exact) mass is 746 g/mol. The molecule has 12 nitrogen and oxygen atoms in total. The summed E-state index contributed by atoms with van der Waals surface area (Å²) in [7, 11) is 0. The van der Waals surface area contributed by atoms with Crippen LogP contribution in [-0.2, 0) is 25.7 Å². The lowest BCUT2D eigenvalue weighted by atomic mass is 9.98. The molecule has 0 aliphatic carbocycles. The molecular formula is C43H50N6O6. The molecule has 0 bridgehead atoms. The number of benzene rings is 4. The summed E-state index contributed by atoms with van der Waals surface area (Å²) in [5, 5.41) is 15.5. The molecule has 2 saturated heterocycles. The van der Waals surface area contributed by atoms with Gasteiger partial charge in [-0.05, 0) is 73.2 Å². The number of hydrogen-bond donors (Lipinski definition) is 5. The molecular weight excluding hydrogens is 697 g/mol. The van der Waals surface area contributed by atoms with Crippen molar-refractivity contribution in [1.29, 1.82) is 0 Å². The van der Waals surface area contributed by atoms with Crippen LogP contribution in [0.2, 0.25) is 0 Å². The maximum absolute atomic E-state index is 12.9. The van der Waals surface area contributed by atoms with E-state index in [0.717, 1.165) is 66.6 Å². The van der Waals surface area contributed by atoms with Crippen molar-refractivity contribution in [1.82, 2.24) is 14.5 Å². The van der Waals surface area contributed by atoms with Crippen LogP contribution in [0.5, 0.6) is 0 Å². The summed E-state index contributed by atoms with van der Waals surface area (Å²) in [5.41, 5.74) is 12.1. The van der Waals surface area contributed by atoms with Crippen LogP contribution in [0.3, 0.4) is 0 Å². The van der Waals surface area contributed by atoms with E-state index >= 15 is 0 Å². The Morgan fingerprint density at radius 3 is 2.31 bits per heavy atom. The van der Waals surface area contributed by atoms with Crippen molar-refractivity contribution in [2.24, 2.45) is 0 Å². The summed E-state index contributed by atoms with van der Waals surface area (Å²) < 4.78 is 15.1. The molecule has 288 valence electrons. The first-order valence-electron chi connectivity index (χ1n) is 19.3. The van der Waals surface area contributed by atoms with Gasteiger partial charge in [0.05, 0.1) is 41.2 Å². The minimum absolute atomic E-state index is 0.0266. The average molecular weight is 747 g/mol. The molecule has 2 amide bonds. The number of amides is 2. The molecule has 3 heterocycles. The van der Waals surface area contributed by atoms with Crippen LogP contribution in [0.25, 0.3) is 11.0 Å². The van der Waals surface area contributed by atoms with Crippen molar-refractivity contribution >= 4 is 39.9 Å². The minimum atomic E-state index is -0.655. The van der Waals surface area contributed by atoms with E-state index in [1.165, 1.54) is 0 Å². The Balaban J connectivity index is 0.942. The number of aromatic nitrogens is 2. The van der Waals surface area contributed by atoms with Gasteiger partial charge in [-0.2, -0.15) is 0 Å². The van der Waals surface area contributed by atoms with Crippen LogP contribution >= 0.6 is 0 Å². The lowest BCUT2D eigenvalue weighted by Gasteiger charge is -2.40. The van der Waals surface area contributed by atoms with Crippen molar-refractivity contribution in [3.05, 3.63) is 124 Å². The van der Waals surface area contributed by atoms with Gasteiger partial charge >= 0.3 is 5.69 Å². The Bertz CT molecular complexity index is 2120. The van der Waals surface area contributed by atoms with E-state index in [0.29, 0.717) is 49.2 Å². The smallest absolute Gasteiger partial charge is 0.326 e. The topological polar surface area (TPSA) is 164 Å². The molecule has 2 aliphatic rings. The summed E-state index contributed by atoms with van der Waals surface area (Å²) in [5.74, 6) is -0.191. The third-order valence-electron chi connectivity index (χ3n) is 10.6. The van der Waals surface area contributed by atoms with E-state index in [2.05, 4.69) is 20.5 Å². The van der Waals surface area contributed by atoms with E-state index < -0.39 is 6.29 Å². The van der Waals surface area contributed by atoms with Crippen molar-refractivity contribution in [3.63, 3.8) is 0 Å². The molecule has 6 N–H and O–H groups in total. The first-order chi connectivity index (χ1) is 26.8. The Morgan fingerprint density at radius 1 is 0.818 bits per heavy atom. The van der Waals surface area contributed by atoms with E-state index in [4.69, 9.17) is 15.2 Å². The zero-order chi connectivity index (χ0) is 38.1. The maximum Gasteiger partial charge on any atom is 0.326 e. The van der Waals surface area contributed by atoms with Gasteiger partial charge < -0.3 is 40.8 Å². The molecule has 0 unspecified atom stereocenters. The normalized spacial score (nSPS) is 19.3. The van der Waals surface area contributed by atoms with Crippen LogP contribution in [0.15, 0.2) is 102 Å². The molecule has 1 aromatic heterocycles. The predicted octanol–water partition coefficient (Wildman–Crippen LogP) is 6.81. The number of likely N-dealkylation sites (tertiary alicyclic amines) is 1. The van der Waals surface area contributed by atoms with Crippen molar-refractivity contribution in [2.45, 2.75) is 82.5 Å². The van der Waals surface area contributed by atoms with Crippen LogP contribution < -0.4 is 22.1 Å². The number of nitrogen functional groups attached to an aromatic ring is 1. The van der Waals surface area contributed by atoms with Gasteiger partial charge in [-0.25, -0.2) is 4.79 Å². The third-order valence-corrected chi connectivity index (χ3v) is 10.6. The number of aliphatic hydroxyl groups is 1. The maximum atomic E-state index is 12.9. The number of rotatable bonds is 14. The Hall–Kier alpha value is -5.27. The zero-order valence-electron chi connectivity index (χ0n) is 31.0. The molecule has 0 saturated carbocycles. The lowest BCUT2D eigenvalue weighted by molar-refractivity contribution is -0.253. The van der Waals surface area contributed by atoms with Gasteiger partial charge in [0.25, 0.3) is 0 Å². The fourth-order valence-corrected chi connectivity index (χ4v) is 7.68. The molecule has 12 heteroatoms. The van der Waals surface area contributed by atoms with E-state index in [9.17, 15) is 19.5 Å². The fraction of sp³-hybridized carbons (Fsp3) is 0.372. The molecule has 55 heavy (non-hydrogen) atoms. The lowest BCUT2D eigenvalue weighted by Crippen LogP contribution is -2.43. The number of hydrogen-bond acceptors (Lipinski definition) is 8. The number of aromatic amines is 1. The summed E-state index contributed by atoms with van der Waals surface area (Å²) in [6.45, 7) is 2.38. The second-order valence-corrected chi connectivity index (χ2v) is 14.6. The van der Waals surface area contributed by atoms with Crippen LogP contribution in [0.4, 0.5) is 17.1 Å². The average Bonchev–Trinajstić information content (AvgIpc) is 3.54. The molecule has 0 radical (unpaired) electrons. The Kier molecular flexibility index (Phi) is 12.4. The van der Waals surface area contributed by atoms with E-state index in [1.54, 1.807) is 12.1 Å². The number of unbranched alkanes of at least 4 members (excludes halogenated alkanes) is 2. The highest BCUT2D eigenvalue weighted by Crippen LogP contribution is 2.39. The second-order valence-electron chi connectivity index (χ2n) is 14.6. The number of nitrogens with two attached hydrogens (primary N) is 1. The van der Waals surface area contributed by atoms with E-state index in [1.807, 2.05) is 89.5 Å². The number of H-pyrrole nitrogens is 1. The number of para-hydroxylation sites is 4. The fourth-order valence-electron chi connectivity index (χ4n) is 7.68. The Labute approximate surface area is 320 Å². The van der Waals surface area contributed by atoms with Crippen molar-refractivity contribution in [3.8, 4) is 0 Å². The molecule has 7 rings (SSSR count). The van der Waals surface area contributed by atoms with Gasteiger partial charge in [-0.3, -0.25) is 14.2 Å². The number of aliphatic hydroxyl groups excluding tert-OH is 1. The number of nitrogens with zero attached hydrogens (tertiary/aromatic N) is 2. The van der Waals surface area contributed by atoms with E-state index in [-0.39, 0.29) is 42.4 Å². The van der Waals surface area contributed by atoms with Gasteiger partial charge in [-0.15, -0.1) is 0 Å². The zero-order valence-corrected chi connectivity index (χ0v) is 31.0. The van der Waals surface area contributed by atoms with Gasteiger partial charge in [0.15, 0.2) is 6.29 Å². The summed E-state index contributed by atoms with van der Waals surface area (Å²) in [4.78, 5) is 43.5. The third kappa shape index (κ3) is 9.70. The number of ether oxygens (including phenoxy) is 2. The number of anilines is 3. The summed E-state index contributed by atoms with van der Waals surface area (Å²) >= 11 is 0. The molecule has 3 atom stereocenters. The predicted molar refractivity (Wildman–Crippen MR) is 213 cm³/mol. The number of carbonyl (C=O) groups is 2. The largest absolute Gasteiger partial charge is 0.397 e. The standard InChI is InChI=1S/C43H50N6O6/c44-35-11-4-5-12-36(35)46-41(52)16-3-1-2-15-40(51)45-32-10-8-9-31(25-32)42-54-34(26-39(55-42)30-19-17-29(28-50)18-20-30)27-48-23-21-33(22-24-48)49-38-14-7-6-13-37(38)47-43(49)53/h4-14,17-20,25,33-34,39,42,50H,1-3,15-16,21-24,26-28,44H2,(H,45,51)(H,46,52)(H,47,53)/t34-,39+,42+/m0/s1. The van der Waals surface area contributed by atoms with Crippen molar-refractivity contribution < 1.29 is 24.2 Å². The number of piperidine rings is 1. The first-order valence-corrected chi connectivity index (χ1v) is 19.3. The quantitative estimate of drug-likeness (QED) is 0.0611. The number of carbonyl (C=O) groups excluding carboxylic acids is 2. The van der Waals surface area contributed by atoms with Crippen LogP contribution in [-0.4, -0.2) is 57.1 Å². The summed E-state index contributed by atoms with van der Waals surface area (Å²) in [6.07, 6.45) is 4.15. The Morgan fingerprint density at radius 2 is 1.55 bits per heavy atom. The van der Waals surface area contributed by atoms with Gasteiger partial charge in [-0.1, -0.05) is 67.1 Å². The SMILES string of the molecule is Nc1ccccc1NC(=O)CCCCCC(=O)Nc1cccc([C@@H]2O[C@H](CN3CCC(n4c(=O)[nH]c5ccccc54)CC3)C[C@H](c3ccc(CO)cc3)O2)c1. The van der Waals surface area contributed by atoms with Crippen LogP contribution in [0.1, 0.15) is 86.5 Å². The molecule has 0 spiro atoms. The number of nitrogens with one attached hydrogen (secondary N) is 3. The molecule has 2 fully saturated rings. The van der Waals surface area contributed by atoms with Crippen LogP contribution in [0, 0.1) is 0 Å². The first kappa shape index (κ1) is 38.0. The highest BCUT2D eigenvalue weighted by Gasteiger charge is 2.34. The van der Waals surface area contributed by atoms with Gasteiger partial charge in [0, 0.05) is 56.2 Å². The van der Waals surface area contributed by atoms with Gasteiger partial charge in [0.1, 0.15) is 0 Å². The number of imidazole rings is 1. The van der Waals surface area contributed by atoms with Gasteiger partial charge in [0.2, 0.25) is 11.8 Å².